The molecule has 102 valence electrons. The van der Waals surface area contributed by atoms with Crippen LogP contribution in [0.4, 0.5) is 10.5 Å². The van der Waals surface area contributed by atoms with Crippen molar-refractivity contribution in [2.75, 3.05) is 5.32 Å². The van der Waals surface area contributed by atoms with Crippen molar-refractivity contribution in [1.82, 2.24) is 10.4 Å². The fourth-order valence-electron chi connectivity index (χ4n) is 1.77. The second-order valence-corrected chi connectivity index (χ2v) is 4.37. The molecule has 0 fully saturated rings. The molecule has 5 heteroatoms. The van der Waals surface area contributed by atoms with E-state index >= 15 is 0 Å². The SMILES string of the molecule is Cc1cccc(C)c1NC(=O)N/N=C/c1ccncc1. The molecule has 2 amide bonds. The first-order chi connectivity index (χ1) is 9.66. The van der Waals surface area contributed by atoms with Crippen molar-refractivity contribution in [3.63, 3.8) is 0 Å². The lowest BCUT2D eigenvalue weighted by molar-refractivity contribution is 0.252. The standard InChI is InChI=1S/C15H16N4O/c1-11-4-3-5-12(2)14(11)18-15(20)19-17-10-13-6-8-16-9-7-13/h3-10H,1-2H3,(H2,18,19,20)/b17-10+. The maximum absolute atomic E-state index is 11.8. The van der Waals surface area contributed by atoms with Gasteiger partial charge in [-0.15, -0.1) is 0 Å². The summed E-state index contributed by atoms with van der Waals surface area (Å²) in [6.45, 7) is 3.89. The van der Waals surface area contributed by atoms with E-state index in [2.05, 4.69) is 20.8 Å². The molecular formula is C15H16N4O. The van der Waals surface area contributed by atoms with E-state index in [1.807, 2.05) is 32.0 Å². The summed E-state index contributed by atoms with van der Waals surface area (Å²) in [5, 5.41) is 6.67. The van der Waals surface area contributed by atoms with Crippen LogP contribution in [0.2, 0.25) is 0 Å². The normalized spacial score (nSPS) is 10.5. The quantitative estimate of drug-likeness (QED) is 0.664. The maximum Gasteiger partial charge on any atom is 0.339 e. The lowest BCUT2D eigenvalue weighted by Crippen LogP contribution is -2.25. The number of nitrogens with zero attached hydrogens (tertiary/aromatic N) is 2. The predicted octanol–water partition coefficient (Wildman–Crippen LogP) is 2.85. The fourth-order valence-corrected chi connectivity index (χ4v) is 1.77. The van der Waals surface area contributed by atoms with Crippen LogP contribution >= 0.6 is 0 Å². The van der Waals surface area contributed by atoms with Gasteiger partial charge in [-0.25, -0.2) is 10.2 Å². The molecule has 0 unspecified atom stereocenters. The van der Waals surface area contributed by atoms with Gasteiger partial charge in [0.05, 0.1) is 6.21 Å². The summed E-state index contributed by atoms with van der Waals surface area (Å²) in [6, 6.07) is 9.08. The van der Waals surface area contributed by atoms with Gasteiger partial charge in [0, 0.05) is 18.1 Å². The van der Waals surface area contributed by atoms with E-state index in [9.17, 15) is 4.79 Å². The van der Waals surface area contributed by atoms with E-state index < -0.39 is 0 Å². The number of hydrazone groups is 1. The number of anilines is 1. The minimum Gasteiger partial charge on any atom is -0.306 e. The van der Waals surface area contributed by atoms with Crippen LogP contribution in [0.1, 0.15) is 16.7 Å². The second-order valence-electron chi connectivity index (χ2n) is 4.37. The Balaban J connectivity index is 1.95. The molecule has 2 rings (SSSR count). The van der Waals surface area contributed by atoms with Gasteiger partial charge < -0.3 is 5.32 Å². The number of para-hydroxylation sites is 1. The Kier molecular flexibility index (Phi) is 4.44. The van der Waals surface area contributed by atoms with Gasteiger partial charge in [0.15, 0.2) is 0 Å². The Morgan fingerprint density at radius 1 is 1.15 bits per heavy atom. The van der Waals surface area contributed by atoms with E-state index in [1.165, 1.54) is 0 Å². The van der Waals surface area contributed by atoms with Gasteiger partial charge in [-0.2, -0.15) is 5.10 Å². The molecule has 5 nitrogen and oxygen atoms in total. The summed E-state index contributed by atoms with van der Waals surface area (Å²) >= 11 is 0. The van der Waals surface area contributed by atoms with E-state index in [-0.39, 0.29) is 6.03 Å². The molecule has 0 atom stereocenters. The lowest BCUT2D eigenvalue weighted by Gasteiger charge is -2.10. The summed E-state index contributed by atoms with van der Waals surface area (Å²) < 4.78 is 0. The van der Waals surface area contributed by atoms with E-state index in [4.69, 9.17) is 0 Å². The summed E-state index contributed by atoms with van der Waals surface area (Å²) in [5.74, 6) is 0. The van der Waals surface area contributed by atoms with E-state index in [1.54, 1.807) is 30.7 Å². The predicted molar refractivity (Wildman–Crippen MR) is 79.9 cm³/mol. The van der Waals surface area contributed by atoms with Gasteiger partial charge in [-0.05, 0) is 42.7 Å². The molecule has 1 aromatic heterocycles. The number of carbonyl (C=O) groups excluding carboxylic acids is 1. The number of carbonyl (C=O) groups is 1. The zero-order valence-corrected chi connectivity index (χ0v) is 11.4. The lowest BCUT2D eigenvalue weighted by atomic mass is 10.1. The number of hydrogen-bond acceptors (Lipinski definition) is 3. The Bertz CT molecular complexity index is 603. The van der Waals surface area contributed by atoms with Crippen molar-refractivity contribution >= 4 is 17.9 Å². The van der Waals surface area contributed by atoms with Crippen molar-refractivity contribution in [3.05, 3.63) is 59.4 Å². The van der Waals surface area contributed by atoms with Crippen LogP contribution in [0.25, 0.3) is 0 Å². The largest absolute Gasteiger partial charge is 0.339 e. The first-order valence-electron chi connectivity index (χ1n) is 6.23. The molecule has 0 aliphatic rings. The molecular weight excluding hydrogens is 252 g/mol. The molecule has 2 aromatic rings. The molecule has 0 aliphatic heterocycles. The second kappa shape index (κ2) is 6.47. The van der Waals surface area contributed by atoms with Crippen LogP contribution in [-0.4, -0.2) is 17.2 Å². The summed E-state index contributed by atoms with van der Waals surface area (Å²) in [5.41, 5.74) is 6.13. The molecule has 0 saturated heterocycles. The van der Waals surface area contributed by atoms with Crippen molar-refractivity contribution in [3.8, 4) is 0 Å². The smallest absolute Gasteiger partial charge is 0.306 e. The fraction of sp³-hybridized carbons (Fsp3) is 0.133. The third kappa shape index (κ3) is 3.65. The number of nitrogens with one attached hydrogen (secondary N) is 2. The molecule has 20 heavy (non-hydrogen) atoms. The zero-order chi connectivity index (χ0) is 14.4. The van der Waals surface area contributed by atoms with Crippen LogP contribution in [-0.2, 0) is 0 Å². The van der Waals surface area contributed by atoms with Crippen LogP contribution in [0, 0.1) is 13.8 Å². The summed E-state index contributed by atoms with van der Waals surface area (Å²) in [7, 11) is 0. The number of aromatic nitrogens is 1. The first-order valence-corrected chi connectivity index (χ1v) is 6.23. The van der Waals surface area contributed by atoms with Crippen LogP contribution in [0.5, 0.6) is 0 Å². The number of pyridine rings is 1. The number of urea groups is 1. The van der Waals surface area contributed by atoms with Gasteiger partial charge >= 0.3 is 6.03 Å². The van der Waals surface area contributed by atoms with Crippen LogP contribution in [0.15, 0.2) is 47.8 Å². The zero-order valence-electron chi connectivity index (χ0n) is 11.4. The number of hydrogen-bond donors (Lipinski definition) is 2. The molecule has 1 aromatic carbocycles. The minimum absolute atomic E-state index is 0.368. The highest BCUT2D eigenvalue weighted by Gasteiger charge is 2.05. The molecule has 1 heterocycles. The number of benzene rings is 1. The Morgan fingerprint density at radius 2 is 1.80 bits per heavy atom. The molecule has 0 aliphatic carbocycles. The third-order valence-corrected chi connectivity index (χ3v) is 2.81. The van der Waals surface area contributed by atoms with Crippen molar-refractivity contribution in [1.29, 1.82) is 0 Å². The minimum atomic E-state index is -0.368. The van der Waals surface area contributed by atoms with Crippen molar-refractivity contribution < 1.29 is 4.79 Å². The van der Waals surface area contributed by atoms with Gasteiger partial charge in [-0.3, -0.25) is 4.98 Å². The average molecular weight is 268 g/mol. The van der Waals surface area contributed by atoms with E-state index in [0.29, 0.717) is 0 Å². The summed E-state index contributed by atoms with van der Waals surface area (Å²) in [4.78, 5) is 15.7. The van der Waals surface area contributed by atoms with Gasteiger partial charge in [-0.1, -0.05) is 18.2 Å². The van der Waals surface area contributed by atoms with Crippen molar-refractivity contribution in [2.45, 2.75) is 13.8 Å². The highest BCUT2D eigenvalue weighted by Crippen LogP contribution is 2.18. The molecule has 0 saturated carbocycles. The van der Waals surface area contributed by atoms with Crippen molar-refractivity contribution in [2.24, 2.45) is 5.10 Å². The van der Waals surface area contributed by atoms with E-state index in [0.717, 1.165) is 22.4 Å². The number of aryl methyl sites for hydroxylation is 2. The monoisotopic (exact) mass is 268 g/mol. The van der Waals surface area contributed by atoms with Crippen LogP contribution in [0.3, 0.4) is 0 Å². The third-order valence-electron chi connectivity index (χ3n) is 2.81. The highest BCUT2D eigenvalue weighted by molar-refractivity contribution is 5.91. The maximum atomic E-state index is 11.8. The Hall–Kier alpha value is -2.69. The Morgan fingerprint density at radius 3 is 2.45 bits per heavy atom. The van der Waals surface area contributed by atoms with Gasteiger partial charge in [0.1, 0.15) is 0 Å². The summed E-state index contributed by atoms with van der Waals surface area (Å²) in [6.07, 6.45) is 4.89. The number of amides is 2. The van der Waals surface area contributed by atoms with Gasteiger partial charge in [0.25, 0.3) is 0 Å². The molecule has 0 bridgehead atoms. The molecule has 0 radical (unpaired) electrons. The molecule has 2 N–H and O–H groups in total. The van der Waals surface area contributed by atoms with Crippen LogP contribution < -0.4 is 10.7 Å². The average Bonchev–Trinajstić information content (AvgIpc) is 2.44. The molecule has 0 spiro atoms. The topological polar surface area (TPSA) is 66.4 Å². The number of rotatable bonds is 3. The van der Waals surface area contributed by atoms with Gasteiger partial charge in [0.2, 0.25) is 0 Å². The Labute approximate surface area is 117 Å². The highest BCUT2D eigenvalue weighted by atomic mass is 16.2. The first kappa shape index (κ1) is 13.7.